The van der Waals surface area contributed by atoms with Crippen molar-refractivity contribution in [3.63, 3.8) is 0 Å². The Bertz CT molecular complexity index is 167. The van der Waals surface area contributed by atoms with Gasteiger partial charge < -0.3 is 5.73 Å². The molecule has 0 aromatic carbocycles. The van der Waals surface area contributed by atoms with Crippen molar-refractivity contribution in [1.29, 1.82) is 0 Å². The highest BCUT2D eigenvalue weighted by Gasteiger charge is 2.32. The van der Waals surface area contributed by atoms with Crippen molar-refractivity contribution in [3.05, 3.63) is 0 Å². The molecule has 3 nitrogen and oxygen atoms in total. The summed E-state index contributed by atoms with van der Waals surface area (Å²) in [6.07, 6.45) is 4.07. The van der Waals surface area contributed by atoms with Gasteiger partial charge in [0.2, 0.25) is 0 Å². The van der Waals surface area contributed by atoms with Crippen LogP contribution in [0.25, 0.3) is 0 Å². The minimum atomic E-state index is 0.622. The van der Waals surface area contributed by atoms with Crippen LogP contribution in [0.1, 0.15) is 26.2 Å². The zero-order valence-electron chi connectivity index (χ0n) is 9.28. The van der Waals surface area contributed by atoms with Crippen LogP contribution in [0.3, 0.4) is 0 Å². The van der Waals surface area contributed by atoms with Crippen LogP contribution in [-0.4, -0.2) is 54.6 Å². The molecule has 0 radical (unpaired) electrons. The molecule has 0 spiro atoms. The van der Waals surface area contributed by atoms with Gasteiger partial charge in [-0.25, -0.2) is 0 Å². The predicted molar refractivity (Wildman–Crippen MR) is 59.3 cm³/mol. The summed E-state index contributed by atoms with van der Waals surface area (Å²) in [5.41, 5.74) is 5.77. The lowest BCUT2D eigenvalue weighted by molar-refractivity contribution is 0.0923. The smallest absolute Gasteiger partial charge is 0.0216 e. The van der Waals surface area contributed by atoms with Crippen molar-refractivity contribution in [2.75, 3.05) is 32.7 Å². The molecule has 2 N–H and O–H groups in total. The number of nitrogens with zero attached hydrogens (tertiary/aromatic N) is 2. The van der Waals surface area contributed by atoms with Crippen LogP contribution in [0.5, 0.6) is 0 Å². The first-order chi connectivity index (χ1) is 6.85. The molecule has 2 fully saturated rings. The molecule has 1 aliphatic carbocycles. The Morgan fingerprint density at radius 2 is 1.86 bits per heavy atom. The quantitative estimate of drug-likeness (QED) is 0.712. The van der Waals surface area contributed by atoms with Crippen molar-refractivity contribution in [3.8, 4) is 0 Å². The lowest BCUT2D eigenvalue weighted by Crippen LogP contribution is -2.52. The van der Waals surface area contributed by atoms with Gasteiger partial charge in [0.15, 0.2) is 0 Å². The first-order valence-electron chi connectivity index (χ1n) is 6.03. The van der Waals surface area contributed by atoms with E-state index in [1.807, 2.05) is 0 Å². The highest BCUT2D eigenvalue weighted by molar-refractivity contribution is 4.88. The molecule has 2 aliphatic rings. The molecule has 1 atom stereocenters. The number of rotatable bonds is 4. The maximum Gasteiger partial charge on any atom is 0.0216 e. The van der Waals surface area contributed by atoms with Crippen LogP contribution >= 0.6 is 0 Å². The van der Waals surface area contributed by atoms with E-state index in [9.17, 15) is 0 Å². The van der Waals surface area contributed by atoms with E-state index in [1.54, 1.807) is 0 Å². The lowest BCUT2D eigenvalue weighted by Gasteiger charge is -2.38. The van der Waals surface area contributed by atoms with E-state index >= 15 is 0 Å². The summed E-state index contributed by atoms with van der Waals surface area (Å²) in [5, 5.41) is 0. The van der Waals surface area contributed by atoms with E-state index in [0.717, 1.165) is 12.6 Å². The number of piperazine rings is 1. The Morgan fingerprint density at radius 3 is 2.29 bits per heavy atom. The molecule has 0 bridgehead atoms. The van der Waals surface area contributed by atoms with Gasteiger partial charge >= 0.3 is 0 Å². The van der Waals surface area contributed by atoms with Crippen LogP contribution in [0.2, 0.25) is 0 Å². The molecule has 1 aliphatic heterocycles. The van der Waals surface area contributed by atoms with Crippen LogP contribution < -0.4 is 5.73 Å². The molecular weight excluding hydrogens is 174 g/mol. The average molecular weight is 197 g/mol. The van der Waals surface area contributed by atoms with Gasteiger partial charge in [-0.2, -0.15) is 0 Å². The van der Waals surface area contributed by atoms with E-state index in [2.05, 4.69) is 16.7 Å². The Hall–Kier alpha value is -0.120. The van der Waals surface area contributed by atoms with E-state index < -0.39 is 0 Å². The topological polar surface area (TPSA) is 32.5 Å². The maximum absolute atomic E-state index is 5.77. The molecule has 1 saturated heterocycles. The van der Waals surface area contributed by atoms with Gasteiger partial charge in [0.25, 0.3) is 0 Å². The molecule has 14 heavy (non-hydrogen) atoms. The minimum Gasteiger partial charge on any atom is -0.329 e. The summed E-state index contributed by atoms with van der Waals surface area (Å²) >= 11 is 0. The largest absolute Gasteiger partial charge is 0.329 e. The molecule has 1 unspecified atom stereocenters. The van der Waals surface area contributed by atoms with Gasteiger partial charge in [-0.3, -0.25) is 9.80 Å². The molecule has 0 aromatic rings. The Labute approximate surface area is 87.2 Å². The van der Waals surface area contributed by atoms with Crippen molar-refractivity contribution in [2.45, 2.75) is 38.3 Å². The highest BCUT2D eigenvalue weighted by Crippen LogP contribution is 2.27. The fraction of sp³-hybridized carbons (Fsp3) is 1.00. The van der Waals surface area contributed by atoms with Crippen molar-refractivity contribution in [1.82, 2.24) is 9.80 Å². The summed E-state index contributed by atoms with van der Waals surface area (Å²) in [7, 11) is 0. The van der Waals surface area contributed by atoms with E-state index in [4.69, 9.17) is 5.73 Å². The van der Waals surface area contributed by atoms with Gasteiger partial charge in [0.1, 0.15) is 0 Å². The Balaban J connectivity index is 1.76. The second-order valence-corrected chi connectivity index (χ2v) is 4.60. The third-order valence-electron chi connectivity index (χ3n) is 3.67. The number of hydrogen-bond donors (Lipinski definition) is 1. The summed E-state index contributed by atoms with van der Waals surface area (Å²) in [6.45, 7) is 8.05. The van der Waals surface area contributed by atoms with Gasteiger partial charge in [0, 0.05) is 44.8 Å². The third kappa shape index (κ3) is 2.27. The van der Waals surface area contributed by atoms with E-state index in [-0.39, 0.29) is 0 Å². The number of nitrogens with two attached hydrogens (primary N) is 1. The third-order valence-corrected chi connectivity index (χ3v) is 3.67. The van der Waals surface area contributed by atoms with Crippen molar-refractivity contribution < 1.29 is 0 Å². The molecule has 0 amide bonds. The molecule has 82 valence electrons. The molecule has 3 heteroatoms. The highest BCUT2D eigenvalue weighted by atomic mass is 15.3. The molecule has 2 rings (SSSR count). The maximum atomic E-state index is 5.77. The standard InChI is InChI=1S/C11H23N3/c1-2-10(9-12)13-5-7-14(8-6-13)11-3-4-11/h10-11H,2-9,12H2,1H3. The molecule has 1 heterocycles. The van der Waals surface area contributed by atoms with Gasteiger partial charge in [0.05, 0.1) is 0 Å². The Kier molecular flexibility index (Phi) is 3.42. The Morgan fingerprint density at radius 1 is 1.21 bits per heavy atom. The average Bonchev–Trinajstić information content (AvgIpc) is 3.04. The second-order valence-electron chi connectivity index (χ2n) is 4.60. The van der Waals surface area contributed by atoms with Crippen LogP contribution in [0, 0.1) is 0 Å². The van der Waals surface area contributed by atoms with E-state index in [1.165, 1.54) is 45.4 Å². The minimum absolute atomic E-state index is 0.622. The van der Waals surface area contributed by atoms with Crippen molar-refractivity contribution in [2.24, 2.45) is 5.73 Å². The zero-order valence-corrected chi connectivity index (χ0v) is 9.28. The molecular formula is C11H23N3. The van der Waals surface area contributed by atoms with E-state index in [0.29, 0.717) is 6.04 Å². The van der Waals surface area contributed by atoms with Crippen LogP contribution in [0.4, 0.5) is 0 Å². The first-order valence-corrected chi connectivity index (χ1v) is 6.03. The van der Waals surface area contributed by atoms with Gasteiger partial charge in [-0.05, 0) is 19.3 Å². The normalized spacial score (nSPS) is 27.9. The van der Waals surface area contributed by atoms with Gasteiger partial charge in [-0.1, -0.05) is 6.92 Å². The van der Waals surface area contributed by atoms with Crippen molar-refractivity contribution >= 4 is 0 Å². The summed E-state index contributed by atoms with van der Waals surface area (Å²) in [5.74, 6) is 0. The lowest BCUT2D eigenvalue weighted by atomic mass is 10.1. The summed E-state index contributed by atoms with van der Waals surface area (Å²) in [4.78, 5) is 5.22. The predicted octanol–water partition coefficient (Wildman–Crippen LogP) is 0.504. The second kappa shape index (κ2) is 4.60. The number of hydrogen-bond acceptors (Lipinski definition) is 3. The summed E-state index contributed by atoms with van der Waals surface area (Å²) < 4.78 is 0. The monoisotopic (exact) mass is 197 g/mol. The first kappa shape index (κ1) is 10.4. The zero-order chi connectivity index (χ0) is 9.97. The van der Waals surface area contributed by atoms with Crippen LogP contribution in [0.15, 0.2) is 0 Å². The summed E-state index contributed by atoms with van der Waals surface area (Å²) in [6, 6.07) is 1.56. The fourth-order valence-electron chi connectivity index (χ4n) is 2.48. The van der Waals surface area contributed by atoms with Gasteiger partial charge in [-0.15, -0.1) is 0 Å². The SMILES string of the molecule is CCC(CN)N1CCN(C2CC2)CC1. The van der Waals surface area contributed by atoms with Crippen LogP contribution in [-0.2, 0) is 0 Å². The fourth-order valence-corrected chi connectivity index (χ4v) is 2.48. The molecule has 0 aromatic heterocycles. The molecule has 1 saturated carbocycles.